The maximum atomic E-state index is 12.3. The molecule has 1 fully saturated rings. The van der Waals surface area contributed by atoms with Crippen LogP contribution in [0.15, 0.2) is 0 Å². The number of rotatable bonds is 3. The lowest BCUT2D eigenvalue weighted by Gasteiger charge is -2.22. The lowest BCUT2D eigenvalue weighted by molar-refractivity contribution is -0.142. The quantitative estimate of drug-likeness (QED) is 0.840. The van der Waals surface area contributed by atoms with E-state index in [0.29, 0.717) is 17.0 Å². The van der Waals surface area contributed by atoms with Gasteiger partial charge in [-0.05, 0) is 26.7 Å². The van der Waals surface area contributed by atoms with Gasteiger partial charge in [0.1, 0.15) is 4.88 Å². The molecule has 0 unspecified atom stereocenters. The van der Waals surface area contributed by atoms with Crippen LogP contribution in [0.3, 0.4) is 0 Å². The molecule has 5 nitrogen and oxygen atoms in total. The fourth-order valence-electron chi connectivity index (χ4n) is 2.75. The predicted octanol–water partition coefficient (Wildman–Crippen LogP) is 2.52. The second-order valence-corrected chi connectivity index (χ2v) is 6.51. The zero-order chi connectivity index (χ0) is 14.7. The van der Waals surface area contributed by atoms with Crippen molar-refractivity contribution in [2.75, 3.05) is 0 Å². The highest BCUT2D eigenvalue weighted by molar-refractivity contribution is 7.13. The van der Waals surface area contributed by atoms with Crippen LogP contribution in [0.1, 0.15) is 52.5 Å². The smallest absolute Gasteiger partial charge is 0.308 e. The molecule has 0 radical (unpaired) electrons. The third-order valence-electron chi connectivity index (χ3n) is 3.76. The molecule has 1 heterocycles. The zero-order valence-electron chi connectivity index (χ0n) is 11.8. The normalized spacial score (nSPS) is 23.1. The van der Waals surface area contributed by atoms with Crippen LogP contribution in [0.5, 0.6) is 0 Å². The Bertz CT molecular complexity index is 513. The number of carbonyl (C=O) groups is 2. The van der Waals surface area contributed by atoms with Crippen molar-refractivity contribution in [2.45, 2.75) is 52.0 Å². The third-order valence-corrected chi connectivity index (χ3v) is 4.83. The predicted molar refractivity (Wildman–Crippen MR) is 77.1 cm³/mol. The van der Waals surface area contributed by atoms with Gasteiger partial charge in [0.05, 0.1) is 16.6 Å². The molecular weight excluding hydrogens is 276 g/mol. The van der Waals surface area contributed by atoms with Crippen molar-refractivity contribution in [1.82, 2.24) is 10.3 Å². The van der Waals surface area contributed by atoms with Crippen molar-refractivity contribution in [3.05, 3.63) is 15.6 Å². The molecule has 0 aliphatic heterocycles. The molecular formula is C14H20N2O3S. The summed E-state index contributed by atoms with van der Waals surface area (Å²) in [6.07, 6.45) is 4.30. The van der Waals surface area contributed by atoms with Crippen LogP contribution < -0.4 is 5.32 Å². The first kappa shape index (κ1) is 15.0. The van der Waals surface area contributed by atoms with E-state index in [1.807, 2.05) is 6.92 Å². The summed E-state index contributed by atoms with van der Waals surface area (Å²) >= 11 is 1.36. The van der Waals surface area contributed by atoms with Gasteiger partial charge in [-0.3, -0.25) is 9.59 Å². The number of amides is 1. The Hall–Kier alpha value is -1.43. The summed E-state index contributed by atoms with van der Waals surface area (Å²) in [5.41, 5.74) is 0.713. The number of hydrogen-bond acceptors (Lipinski definition) is 4. The van der Waals surface area contributed by atoms with Crippen LogP contribution in [-0.4, -0.2) is 28.0 Å². The van der Waals surface area contributed by atoms with Crippen molar-refractivity contribution in [2.24, 2.45) is 5.92 Å². The molecule has 1 aromatic rings. The van der Waals surface area contributed by atoms with Gasteiger partial charge in [-0.15, -0.1) is 11.3 Å². The van der Waals surface area contributed by atoms with Gasteiger partial charge in [0.15, 0.2) is 0 Å². The second-order valence-electron chi connectivity index (χ2n) is 5.31. The number of nitrogens with one attached hydrogen (secondary N) is 1. The van der Waals surface area contributed by atoms with Crippen molar-refractivity contribution in [1.29, 1.82) is 0 Å². The first-order chi connectivity index (χ1) is 9.49. The molecule has 1 saturated carbocycles. The molecule has 1 aliphatic carbocycles. The van der Waals surface area contributed by atoms with Crippen molar-refractivity contribution in [3.63, 3.8) is 0 Å². The minimum absolute atomic E-state index is 0.189. The molecule has 2 rings (SSSR count). The third kappa shape index (κ3) is 3.36. The maximum absolute atomic E-state index is 12.3. The Morgan fingerprint density at radius 2 is 1.95 bits per heavy atom. The van der Waals surface area contributed by atoms with Gasteiger partial charge in [-0.25, -0.2) is 4.98 Å². The van der Waals surface area contributed by atoms with E-state index in [2.05, 4.69) is 10.3 Å². The summed E-state index contributed by atoms with van der Waals surface area (Å²) in [7, 11) is 0. The van der Waals surface area contributed by atoms with Gasteiger partial charge >= 0.3 is 5.97 Å². The minimum atomic E-state index is -0.811. The Labute approximate surface area is 122 Å². The van der Waals surface area contributed by atoms with E-state index < -0.39 is 11.9 Å². The number of aliphatic carboxylic acids is 1. The van der Waals surface area contributed by atoms with E-state index in [-0.39, 0.29) is 11.9 Å². The summed E-state index contributed by atoms with van der Waals surface area (Å²) in [6, 6.07) is -0.274. The molecule has 0 saturated heterocycles. The van der Waals surface area contributed by atoms with Gasteiger partial charge in [0.25, 0.3) is 5.91 Å². The van der Waals surface area contributed by atoms with Crippen LogP contribution in [0.2, 0.25) is 0 Å². The number of carboxylic acids is 1. The van der Waals surface area contributed by atoms with Crippen molar-refractivity contribution >= 4 is 23.2 Å². The van der Waals surface area contributed by atoms with Crippen LogP contribution >= 0.6 is 11.3 Å². The molecule has 2 atom stereocenters. The molecule has 20 heavy (non-hydrogen) atoms. The molecule has 1 aromatic heterocycles. The Balaban J connectivity index is 2.11. The standard InChI is InChI=1S/C14H20N2O3S/c1-8-12(20-9(2)15-8)13(17)16-11-7-5-3-4-6-10(11)14(18)19/h10-11H,3-7H2,1-2H3,(H,16,17)(H,18,19)/t10-,11+/m0/s1. The monoisotopic (exact) mass is 296 g/mol. The second kappa shape index (κ2) is 6.35. The number of thiazole rings is 1. The van der Waals surface area contributed by atoms with Crippen LogP contribution in [0, 0.1) is 19.8 Å². The first-order valence-electron chi connectivity index (χ1n) is 6.96. The average Bonchev–Trinajstić information content (AvgIpc) is 2.60. The molecule has 1 amide bonds. The van der Waals surface area contributed by atoms with Crippen molar-refractivity contribution < 1.29 is 14.7 Å². The van der Waals surface area contributed by atoms with E-state index in [4.69, 9.17) is 0 Å². The molecule has 0 aromatic carbocycles. The molecule has 0 bridgehead atoms. The molecule has 0 spiro atoms. The number of aromatic nitrogens is 1. The molecule has 110 valence electrons. The van der Waals surface area contributed by atoms with Crippen LogP contribution in [0.25, 0.3) is 0 Å². The lowest BCUT2D eigenvalue weighted by Crippen LogP contribution is -2.42. The first-order valence-corrected chi connectivity index (χ1v) is 7.78. The summed E-state index contributed by atoms with van der Waals surface area (Å²) in [6.45, 7) is 3.67. The Morgan fingerprint density at radius 1 is 1.25 bits per heavy atom. The topological polar surface area (TPSA) is 79.3 Å². The summed E-state index contributed by atoms with van der Waals surface area (Å²) in [4.78, 5) is 28.5. The van der Waals surface area contributed by atoms with Gasteiger partial charge in [0, 0.05) is 6.04 Å². The Morgan fingerprint density at radius 3 is 2.55 bits per heavy atom. The molecule has 2 N–H and O–H groups in total. The maximum Gasteiger partial charge on any atom is 0.308 e. The highest BCUT2D eigenvalue weighted by atomic mass is 32.1. The fraction of sp³-hybridized carbons (Fsp3) is 0.643. The largest absolute Gasteiger partial charge is 0.481 e. The van der Waals surface area contributed by atoms with Crippen LogP contribution in [-0.2, 0) is 4.79 Å². The van der Waals surface area contributed by atoms with Gasteiger partial charge in [-0.2, -0.15) is 0 Å². The summed E-state index contributed by atoms with van der Waals surface area (Å²) in [5, 5.41) is 13.1. The number of hydrogen-bond donors (Lipinski definition) is 2. The number of aryl methyl sites for hydroxylation is 2. The van der Waals surface area contributed by atoms with E-state index in [9.17, 15) is 14.7 Å². The average molecular weight is 296 g/mol. The SMILES string of the molecule is Cc1nc(C)c(C(=O)N[C@@H]2CCCCC[C@@H]2C(=O)O)s1. The highest BCUT2D eigenvalue weighted by Crippen LogP contribution is 2.25. The van der Waals surface area contributed by atoms with E-state index >= 15 is 0 Å². The molecule has 6 heteroatoms. The summed E-state index contributed by atoms with van der Waals surface area (Å²) in [5.74, 6) is -1.48. The Kier molecular flexibility index (Phi) is 4.75. The van der Waals surface area contributed by atoms with Gasteiger partial charge in [-0.1, -0.05) is 19.3 Å². The minimum Gasteiger partial charge on any atom is -0.481 e. The lowest BCUT2D eigenvalue weighted by atomic mass is 9.95. The zero-order valence-corrected chi connectivity index (χ0v) is 12.6. The van der Waals surface area contributed by atoms with Crippen LogP contribution in [0.4, 0.5) is 0 Å². The molecule has 1 aliphatic rings. The highest BCUT2D eigenvalue weighted by Gasteiger charge is 2.31. The number of nitrogens with zero attached hydrogens (tertiary/aromatic N) is 1. The summed E-state index contributed by atoms with van der Waals surface area (Å²) < 4.78 is 0. The fourth-order valence-corrected chi connectivity index (χ4v) is 3.57. The number of carbonyl (C=O) groups excluding carboxylic acids is 1. The van der Waals surface area contributed by atoms with E-state index in [1.165, 1.54) is 11.3 Å². The number of carboxylic acid groups (broad SMARTS) is 1. The van der Waals surface area contributed by atoms with E-state index in [1.54, 1.807) is 6.92 Å². The van der Waals surface area contributed by atoms with Gasteiger partial charge < -0.3 is 10.4 Å². The van der Waals surface area contributed by atoms with Crippen molar-refractivity contribution in [3.8, 4) is 0 Å². The van der Waals surface area contributed by atoms with E-state index in [0.717, 1.165) is 30.7 Å². The van der Waals surface area contributed by atoms with Gasteiger partial charge in [0.2, 0.25) is 0 Å².